The van der Waals surface area contributed by atoms with Crippen molar-refractivity contribution in [3.63, 3.8) is 0 Å². The molecule has 0 spiro atoms. The molecule has 3 nitrogen and oxygen atoms in total. The second kappa shape index (κ2) is 5.29. The topological polar surface area (TPSA) is 43.8 Å². The molecule has 4 heteroatoms. The van der Waals surface area contributed by atoms with E-state index in [0.29, 0.717) is 6.04 Å². The number of thiophene rings is 1. The quantitative estimate of drug-likeness (QED) is 0.735. The van der Waals surface area contributed by atoms with E-state index in [2.05, 4.69) is 41.3 Å². The highest BCUT2D eigenvalue weighted by Crippen LogP contribution is 2.26. The first-order valence-corrected chi connectivity index (χ1v) is 7.90. The van der Waals surface area contributed by atoms with Gasteiger partial charge in [-0.25, -0.2) is 4.98 Å². The van der Waals surface area contributed by atoms with E-state index in [1.165, 1.54) is 11.1 Å². The minimum absolute atomic E-state index is 0.396. The number of rotatable bonds is 4. The van der Waals surface area contributed by atoms with E-state index in [1.807, 2.05) is 12.1 Å². The molecule has 1 atom stereocenters. The standard InChI is InChI=1S/C16H19N3S/c1-3-16-18-14-9-13(17)4-5-15(14)19(16)11(2)8-12-6-7-20-10-12/h4-7,9-11H,3,8,17H2,1-2H3. The largest absolute Gasteiger partial charge is 0.399 e. The monoisotopic (exact) mass is 285 g/mol. The van der Waals surface area contributed by atoms with Gasteiger partial charge in [0, 0.05) is 18.2 Å². The number of benzene rings is 1. The maximum absolute atomic E-state index is 5.86. The van der Waals surface area contributed by atoms with Crippen molar-refractivity contribution in [2.75, 3.05) is 5.73 Å². The highest BCUT2D eigenvalue weighted by Gasteiger charge is 2.15. The Kier molecular flexibility index (Phi) is 3.49. The molecule has 2 aromatic heterocycles. The van der Waals surface area contributed by atoms with Crippen LogP contribution in [0.15, 0.2) is 35.0 Å². The van der Waals surface area contributed by atoms with Crippen LogP contribution >= 0.6 is 11.3 Å². The molecule has 0 fully saturated rings. The number of imidazole rings is 1. The second-order valence-electron chi connectivity index (χ2n) is 5.18. The third kappa shape index (κ3) is 2.31. The number of hydrogen-bond acceptors (Lipinski definition) is 3. The zero-order valence-corrected chi connectivity index (χ0v) is 12.7. The van der Waals surface area contributed by atoms with Gasteiger partial charge in [0.15, 0.2) is 0 Å². The fourth-order valence-electron chi connectivity index (χ4n) is 2.75. The van der Waals surface area contributed by atoms with E-state index in [9.17, 15) is 0 Å². The lowest BCUT2D eigenvalue weighted by molar-refractivity contribution is 0.538. The average molecular weight is 285 g/mol. The summed E-state index contributed by atoms with van der Waals surface area (Å²) in [4.78, 5) is 4.73. The Bertz CT molecular complexity index is 713. The van der Waals surface area contributed by atoms with Crippen molar-refractivity contribution in [1.29, 1.82) is 0 Å². The molecule has 0 radical (unpaired) electrons. The fraction of sp³-hybridized carbons (Fsp3) is 0.312. The SMILES string of the molecule is CCc1nc2cc(N)ccc2n1C(C)Cc1ccsc1. The van der Waals surface area contributed by atoms with E-state index in [-0.39, 0.29) is 0 Å². The van der Waals surface area contributed by atoms with Crippen LogP contribution in [-0.4, -0.2) is 9.55 Å². The number of nitrogens with two attached hydrogens (primary N) is 1. The van der Waals surface area contributed by atoms with Crippen molar-refractivity contribution in [1.82, 2.24) is 9.55 Å². The van der Waals surface area contributed by atoms with Gasteiger partial charge in [0.2, 0.25) is 0 Å². The number of hydrogen-bond donors (Lipinski definition) is 1. The summed E-state index contributed by atoms with van der Waals surface area (Å²) in [7, 11) is 0. The molecule has 0 aliphatic rings. The average Bonchev–Trinajstić information content (AvgIpc) is 3.04. The number of nitrogens with zero attached hydrogens (tertiary/aromatic N) is 2. The summed E-state index contributed by atoms with van der Waals surface area (Å²) in [6.45, 7) is 4.41. The first-order chi connectivity index (χ1) is 9.69. The lowest BCUT2D eigenvalue weighted by Crippen LogP contribution is -2.11. The number of fused-ring (bicyclic) bond motifs is 1. The summed E-state index contributed by atoms with van der Waals surface area (Å²) in [6.07, 6.45) is 1.97. The molecule has 2 heterocycles. The molecule has 20 heavy (non-hydrogen) atoms. The zero-order chi connectivity index (χ0) is 14.1. The molecule has 0 bridgehead atoms. The van der Waals surface area contributed by atoms with Crippen LogP contribution in [0.4, 0.5) is 5.69 Å². The predicted octanol–water partition coefficient (Wildman–Crippen LogP) is 4.05. The first kappa shape index (κ1) is 13.2. The van der Waals surface area contributed by atoms with Gasteiger partial charge in [0.25, 0.3) is 0 Å². The Morgan fingerprint density at radius 2 is 2.20 bits per heavy atom. The molecule has 3 aromatic rings. The van der Waals surface area contributed by atoms with E-state index < -0.39 is 0 Å². The normalized spacial score (nSPS) is 12.9. The smallest absolute Gasteiger partial charge is 0.109 e. The molecule has 3 rings (SSSR count). The van der Waals surface area contributed by atoms with E-state index >= 15 is 0 Å². The molecule has 104 valence electrons. The van der Waals surface area contributed by atoms with Crippen molar-refractivity contribution >= 4 is 28.1 Å². The van der Waals surface area contributed by atoms with Crippen LogP contribution in [0, 0.1) is 0 Å². The number of anilines is 1. The van der Waals surface area contributed by atoms with E-state index in [1.54, 1.807) is 11.3 Å². The first-order valence-electron chi connectivity index (χ1n) is 6.96. The van der Waals surface area contributed by atoms with Crippen molar-refractivity contribution in [3.8, 4) is 0 Å². The predicted molar refractivity (Wildman–Crippen MR) is 86.3 cm³/mol. The van der Waals surface area contributed by atoms with Gasteiger partial charge in [0.05, 0.1) is 11.0 Å². The van der Waals surface area contributed by atoms with Crippen LogP contribution in [0.1, 0.15) is 31.3 Å². The molecule has 1 unspecified atom stereocenters. The van der Waals surface area contributed by atoms with Crippen LogP contribution in [-0.2, 0) is 12.8 Å². The van der Waals surface area contributed by atoms with Gasteiger partial charge >= 0.3 is 0 Å². The Morgan fingerprint density at radius 1 is 1.35 bits per heavy atom. The molecular weight excluding hydrogens is 266 g/mol. The van der Waals surface area contributed by atoms with E-state index in [0.717, 1.165) is 29.9 Å². The lowest BCUT2D eigenvalue weighted by Gasteiger charge is -2.16. The molecule has 0 amide bonds. The lowest BCUT2D eigenvalue weighted by atomic mass is 10.1. The van der Waals surface area contributed by atoms with Crippen LogP contribution < -0.4 is 5.73 Å². The summed E-state index contributed by atoms with van der Waals surface area (Å²) in [6, 6.07) is 8.60. The zero-order valence-electron chi connectivity index (χ0n) is 11.8. The molecular formula is C16H19N3S. The summed E-state index contributed by atoms with van der Waals surface area (Å²) in [5.41, 5.74) is 10.2. The van der Waals surface area contributed by atoms with Gasteiger partial charge < -0.3 is 10.3 Å². The highest BCUT2D eigenvalue weighted by molar-refractivity contribution is 7.07. The maximum atomic E-state index is 5.86. The van der Waals surface area contributed by atoms with Gasteiger partial charge in [-0.15, -0.1) is 0 Å². The molecule has 1 aromatic carbocycles. The van der Waals surface area contributed by atoms with Crippen molar-refractivity contribution in [2.45, 2.75) is 32.7 Å². The fourth-order valence-corrected chi connectivity index (χ4v) is 3.43. The third-order valence-electron chi connectivity index (χ3n) is 3.65. The summed E-state index contributed by atoms with van der Waals surface area (Å²) in [5, 5.41) is 4.36. The second-order valence-corrected chi connectivity index (χ2v) is 5.96. The molecule has 0 aliphatic carbocycles. The molecule has 2 N–H and O–H groups in total. The van der Waals surface area contributed by atoms with Crippen molar-refractivity contribution in [3.05, 3.63) is 46.4 Å². The maximum Gasteiger partial charge on any atom is 0.109 e. The Morgan fingerprint density at radius 3 is 2.90 bits per heavy atom. The Hall–Kier alpha value is -1.81. The minimum Gasteiger partial charge on any atom is -0.399 e. The number of nitrogen functional groups attached to an aromatic ring is 1. The molecule has 0 saturated carbocycles. The van der Waals surface area contributed by atoms with Gasteiger partial charge in [-0.1, -0.05) is 6.92 Å². The third-order valence-corrected chi connectivity index (χ3v) is 4.39. The molecule has 0 saturated heterocycles. The van der Waals surface area contributed by atoms with Crippen molar-refractivity contribution < 1.29 is 0 Å². The minimum atomic E-state index is 0.396. The van der Waals surface area contributed by atoms with E-state index in [4.69, 9.17) is 10.7 Å². The van der Waals surface area contributed by atoms with Gasteiger partial charge in [0.1, 0.15) is 5.82 Å². The van der Waals surface area contributed by atoms with Crippen LogP contribution in [0.5, 0.6) is 0 Å². The van der Waals surface area contributed by atoms with Gasteiger partial charge in [-0.3, -0.25) is 0 Å². The van der Waals surface area contributed by atoms with Crippen LogP contribution in [0.25, 0.3) is 11.0 Å². The van der Waals surface area contributed by atoms with Crippen molar-refractivity contribution in [2.24, 2.45) is 0 Å². The van der Waals surface area contributed by atoms with Crippen LogP contribution in [0.2, 0.25) is 0 Å². The highest BCUT2D eigenvalue weighted by atomic mass is 32.1. The summed E-state index contributed by atoms with van der Waals surface area (Å²) >= 11 is 1.75. The van der Waals surface area contributed by atoms with Gasteiger partial charge in [-0.05, 0) is 53.9 Å². The number of aromatic nitrogens is 2. The summed E-state index contributed by atoms with van der Waals surface area (Å²) < 4.78 is 2.35. The summed E-state index contributed by atoms with van der Waals surface area (Å²) in [5.74, 6) is 1.13. The molecule has 0 aliphatic heterocycles. The number of aryl methyl sites for hydroxylation is 1. The van der Waals surface area contributed by atoms with Gasteiger partial charge in [-0.2, -0.15) is 11.3 Å². The Labute approximate surface area is 123 Å². The Balaban J connectivity index is 2.04. The van der Waals surface area contributed by atoms with Crippen LogP contribution in [0.3, 0.4) is 0 Å².